The highest BCUT2D eigenvalue weighted by atomic mass is 32.2. The predicted molar refractivity (Wildman–Crippen MR) is 122 cm³/mol. The van der Waals surface area contributed by atoms with Crippen LogP contribution in [0.3, 0.4) is 0 Å². The lowest BCUT2D eigenvalue weighted by molar-refractivity contribution is -0.142. The molecule has 3 fully saturated rings. The second kappa shape index (κ2) is 10.1. The molecule has 0 radical (unpaired) electrons. The lowest BCUT2D eigenvalue weighted by atomic mass is 9.93. The monoisotopic (exact) mass is 516 g/mol. The number of carbonyl (C=O) groups is 2. The van der Waals surface area contributed by atoms with Crippen LogP contribution in [0.5, 0.6) is 0 Å². The minimum atomic E-state index is -4.43. The van der Waals surface area contributed by atoms with Crippen molar-refractivity contribution in [2.24, 2.45) is 11.7 Å². The molecule has 2 amide bonds. The molecule has 2 heterocycles. The highest BCUT2D eigenvalue weighted by molar-refractivity contribution is 7.89. The SMILES string of the molecule is N[C@H]1C[C@H](S(=O)(=O)N2CCC[C@H](C(=O)N3CCC[C@@H]3C(=O)NCc3ccc(C(F)(F)F)cc3)C2)C1. The first kappa shape index (κ1) is 25.9. The van der Waals surface area contributed by atoms with Crippen LogP contribution >= 0.6 is 0 Å². The quantitative estimate of drug-likeness (QED) is 0.599. The highest BCUT2D eigenvalue weighted by Gasteiger charge is 2.44. The molecule has 3 aliphatic rings. The fourth-order valence-corrected chi connectivity index (χ4v) is 7.27. The lowest BCUT2D eigenvalue weighted by Gasteiger charge is -2.39. The number of hydrogen-bond acceptors (Lipinski definition) is 5. The zero-order valence-corrected chi connectivity index (χ0v) is 20.2. The zero-order chi connectivity index (χ0) is 25.4. The van der Waals surface area contributed by atoms with E-state index >= 15 is 0 Å². The van der Waals surface area contributed by atoms with Gasteiger partial charge in [-0.15, -0.1) is 0 Å². The Hall–Kier alpha value is -2.18. The van der Waals surface area contributed by atoms with Crippen molar-refractivity contribution in [3.05, 3.63) is 35.4 Å². The van der Waals surface area contributed by atoms with Crippen molar-refractivity contribution in [1.82, 2.24) is 14.5 Å². The number of alkyl halides is 3. The number of likely N-dealkylation sites (tertiary alicyclic amines) is 1. The van der Waals surface area contributed by atoms with Gasteiger partial charge in [0.1, 0.15) is 6.04 Å². The molecule has 3 N–H and O–H groups in total. The molecule has 1 aliphatic carbocycles. The molecular formula is C23H31F3N4O4S. The number of amides is 2. The number of halogens is 3. The average molecular weight is 517 g/mol. The molecule has 1 aromatic carbocycles. The van der Waals surface area contributed by atoms with Crippen molar-refractivity contribution in [2.75, 3.05) is 19.6 Å². The Morgan fingerprint density at radius 2 is 1.71 bits per heavy atom. The summed E-state index contributed by atoms with van der Waals surface area (Å²) in [5, 5.41) is 2.24. The molecular weight excluding hydrogens is 485 g/mol. The van der Waals surface area contributed by atoms with Gasteiger partial charge in [0.25, 0.3) is 0 Å². The van der Waals surface area contributed by atoms with Crippen molar-refractivity contribution in [1.29, 1.82) is 0 Å². The van der Waals surface area contributed by atoms with Crippen molar-refractivity contribution in [2.45, 2.75) is 68.6 Å². The van der Waals surface area contributed by atoms with Gasteiger partial charge in [0, 0.05) is 32.2 Å². The minimum Gasteiger partial charge on any atom is -0.350 e. The first-order chi connectivity index (χ1) is 16.5. The van der Waals surface area contributed by atoms with Gasteiger partial charge in [0.05, 0.1) is 16.7 Å². The second-order valence-electron chi connectivity index (χ2n) is 9.70. The maximum Gasteiger partial charge on any atom is 0.416 e. The van der Waals surface area contributed by atoms with Crippen molar-refractivity contribution in [3.8, 4) is 0 Å². The summed E-state index contributed by atoms with van der Waals surface area (Å²) < 4.78 is 65.4. The number of nitrogens with one attached hydrogen (secondary N) is 1. The Morgan fingerprint density at radius 3 is 2.34 bits per heavy atom. The summed E-state index contributed by atoms with van der Waals surface area (Å²) in [7, 11) is -3.50. The molecule has 2 saturated heterocycles. The molecule has 0 aromatic heterocycles. The van der Waals surface area contributed by atoms with Crippen molar-refractivity contribution < 1.29 is 31.2 Å². The summed E-state index contributed by atoms with van der Waals surface area (Å²) in [6.45, 7) is 0.963. The van der Waals surface area contributed by atoms with Crippen LogP contribution in [0.2, 0.25) is 0 Å². The number of piperidine rings is 1. The van der Waals surface area contributed by atoms with Crippen LogP contribution < -0.4 is 11.1 Å². The van der Waals surface area contributed by atoms with E-state index in [4.69, 9.17) is 5.73 Å². The van der Waals surface area contributed by atoms with Crippen LogP contribution in [-0.4, -0.2) is 66.4 Å². The zero-order valence-electron chi connectivity index (χ0n) is 19.3. The van der Waals surface area contributed by atoms with E-state index in [2.05, 4.69) is 5.32 Å². The molecule has 0 unspecified atom stereocenters. The van der Waals surface area contributed by atoms with Gasteiger partial charge in [0.2, 0.25) is 21.8 Å². The van der Waals surface area contributed by atoms with E-state index in [0.29, 0.717) is 57.2 Å². The minimum absolute atomic E-state index is 0.0501. The van der Waals surface area contributed by atoms with Gasteiger partial charge in [-0.2, -0.15) is 13.2 Å². The third-order valence-electron chi connectivity index (χ3n) is 7.23. The number of sulfonamides is 1. The lowest BCUT2D eigenvalue weighted by Crippen LogP contribution is -2.55. The summed E-state index contributed by atoms with van der Waals surface area (Å²) in [6.07, 6.45) is -1.28. The Labute approximate surface area is 203 Å². The summed E-state index contributed by atoms with van der Waals surface area (Å²) in [5.74, 6) is -1.09. The van der Waals surface area contributed by atoms with Crippen LogP contribution in [0.1, 0.15) is 49.7 Å². The van der Waals surface area contributed by atoms with Crippen LogP contribution in [0, 0.1) is 5.92 Å². The Morgan fingerprint density at radius 1 is 1.06 bits per heavy atom. The van der Waals surface area contributed by atoms with E-state index in [1.807, 2.05) is 0 Å². The number of rotatable bonds is 6. The number of carbonyl (C=O) groups excluding carboxylic acids is 2. The molecule has 2 aliphatic heterocycles. The predicted octanol–water partition coefficient (Wildman–Crippen LogP) is 1.84. The van der Waals surface area contributed by atoms with Gasteiger partial charge >= 0.3 is 6.18 Å². The molecule has 194 valence electrons. The summed E-state index contributed by atoms with van der Waals surface area (Å²) in [5.41, 5.74) is 5.51. The number of benzene rings is 1. The van der Waals surface area contributed by atoms with Gasteiger partial charge in [0.15, 0.2) is 0 Å². The topological polar surface area (TPSA) is 113 Å². The largest absolute Gasteiger partial charge is 0.416 e. The van der Waals surface area contributed by atoms with Gasteiger partial charge in [-0.05, 0) is 56.2 Å². The molecule has 8 nitrogen and oxygen atoms in total. The van der Waals surface area contributed by atoms with Crippen molar-refractivity contribution in [3.63, 3.8) is 0 Å². The van der Waals surface area contributed by atoms with E-state index in [1.165, 1.54) is 21.3 Å². The molecule has 0 bridgehead atoms. The van der Waals surface area contributed by atoms with Crippen LogP contribution in [0.4, 0.5) is 13.2 Å². The highest BCUT2D eigenvalue weighted by Crippen LogP contribution is 2.32. The van der Waals surface area contributed by atoms with Gasteiger partial charge < -0.3 is 16.0 Å². The molecule has 12 heteroatoms. The Kier molecular flexibility index (Phi) is 7.44. The number of nitrogens with zero attached hydrogens (tertiary/aromatic N) is 2. The normalized spacial score (nSPS) is 27.9. The van der Waals surface area contributed by atoms with Gasteiger partial charge in [-0.25, -0.2) is 12.7 Å². The van der Waals surface area contributed by atoms with Crippen LogP contribution in [0.25, 0.3) is 0 Å². The summed E-state index contributed by atoms with van der Waals surface area (Å²) in [6, 6.07) is 3.79. The van der Waals surface area contributed by atoms with Gasteiger partial charge in [-0.1, -0.05) is 12.1 Å². The number of nitrogens with two attached hydrogens (primary N) is 1. The standard InChI is InChI=1S/C23H31F3N4O4S/c24-23(25,26)17-7-5-15(6-8-17)13-28-21(31)20-4-2-10-30(20)22(32)16-3-1-9-29(14-16)35(33,34)19-11-18(27)12-19/h5-8,16,18-20H,1-4,9-14,27H2,(H,28,31)/t16-,18-,19-,20+/m0/s1. The Bertz CT molecular complexity index is 1040. The smallest absolute Gasteiger partial charge is 0.350 e. The summed E-state index contributed by atoms with van der Waals surface area (Å²) in [4.78, 5) is 27.7. The van der Waals surface area contributed by atoms with Crippen LogP contribution in [0.15, 0.2) is 24.3 Å². The molecule has 4 rings (SSSR count). The first-order valence-electron chi connectivity index (χ1n) is 12.0. The van der Waals surface area contributed by atoms with Gasteiger partial charge in [-0.3, -0.25) is 9.59 Å². The van der Waals surface area contributed by atoms with E-state index in [9.17, 15) is 31.2 Å². The average Bonchev–Trinajstić information content (AvgIpc) is 3.30. The molecule has 2 atom stereocenters. The fourth-order valence-electron chi connectivity index (χ4n) is 5.09. The molecule has 35 heavy (non-hydrogen) atoms. The van der Waals surface area contributed by atoms with E-state index in [-0.39, 0.29) is 30.9 Å². The molecule has 1 saturated carbocycles. The first-order valence-corrected chi connectivity index (χ1v) is 13.5. The third kappa shape index (κ3) is 5.64. The van der Waals surface area contributed by atoms with E-state index in [0.717, 1.165) is 12.1 Å². The maximum atomic E-state index is 13.3. The second-order valence-corrected chi connectivity index (χ2v) is 11.9. The molecule has 1 aromatic rings. The molecule has 0 spiro atoms. The summed E-state index contributed by atoms with van der Waals surface area (Å²) >= 11 is 0. The van der Waals surface area contributed by atoms with Crippen LogP contribution in [-0.2, 0) is 32.3 Å². The third-order valence-corrected chi connectivity index (χ3v) is 9.51. The maximum absolute atomic E-state index is 13.3. The van der Waals surface area contributed by atoms with E-state index in [1.54, 1.807) is 0 Å². The van der Waals surface area contributed by atoms with Crippen molar-refractivity contribution >= 4 is 21.8 Å². The fraction of sp³-hybridized carbons (Fsp3) is 0.652. The number of hydrogen-bond donors (Lipinski definition) is 2. The van der Waals surface area contributed by atoms with E-state index < -0.39 is 39.0 Å². The Balaban J connectivity index is 1.34.